The summed E-state index contributed by atoms with van der Waals surface area (Å²) < 4.78 is 2.90. The Morgan fingerprint density at radius 2 is 2.11 bits per heavy atom. The van der Waals surface area contributed by atoms with E-state index in [0.717, 1.165) is 22.2 Å². The van der Waals surface area contributed by atoms with Gasteiger partial charge in [0.25, 0.3) is 0 Å². The molecule has 2 unspecified atom stereocenters. The van der Waals surface area contributed by atoms with E-state index in [1.165, 1.54) is 0 Å². The maximum absolute atomic E-state index is 6.28. The predicted octanol–water partition coefficient (Wildman–Crippen LogP) is 3.93. The molecule has 2 aromatic rings. The van der Waals surface area contributed by atoms with Crippen molar-refractivity contribution in [1.29, 1.82) is 0 Å². The average Bonchev–Trinajstić information content (AvgIpc) is 2.71. The highest BCUT2D eigenvalue weighted by atomic mass is 79.9. The molecule has 0 aliphatic heterocycles. The Kier molecular flexibility index (Phi) is 4.66. The van der Waals surface area contributed by atoms with E-state index in [4.69, 9.17) is 17.3 Å². The first-order valence-electron chi connectivity index (χ1n) is 6.25. The molecule has 0 bridgehead atoms. The molecular formula is C14H17BrClN3. The standard InChI is InChI=1S/C14H17BrClN3/c1-3-13(17)14(10-6-4-5-7-11(10)15)19-8-12(16)9(2)18-19/h4-8,13-14H,3,17H2,1-2H3. The van der Waals surface area contributed by atoms with Crippen molar-refractivity contribution in [3.63, 3.8) is 0 Å². The van der Waals surface area contributed by atoms with Gasteiger partial charge < -0.3 is 5.73 Å². The van der Waals surface area contributed by atoms with E-state index in [0.29, 0.717) is 5.02 Å². The minimum absolute atomic E-state index is 0.0194. The van der Waals surface area contributed by atoms with Crippen molar-refractivity contribution in [3.8, 4) is 0 Å². The van der Waals surface area contributed by atoms with E-state index >= 15 is 0 Å². The van der Waals surface area contributed by atoms with Gasteiger partial charge in [0.1, 0.15) is 0 Å². The van der Waals surface area contributed by atoms with Crippen molar-refractivity contribution in [2.24, 2.45) is 5.73 Å². The summed E-state index contributed by atoms with van der Waals surface area (Å²) in [5.74, 6) is 0. The number of aromatic nitrogens is 2. The Bertz CT molecular complexity index is 548. The molecule has 0 saturated heterocycles. The summed E-state index contributed by atoms with van der Waals surface area (Å²) in [6, 6.07) is 8.04. The van der Waals surface area contributed by atoms with Crippen LogP contribution in [0.3, 0.4) is 0 Å². The van der Waals surface area contributed by atoms with Gasteiger partial charge in [-0.2, -0.15) is 5.10 Å². The molecule has 5 heteroatoms. The molecule has 0 amide bonds. The predicted molar refractivity (Wildman–Crippen MR) is 82.5 cm³/mol. The fourth-order valence-corrected chi connectivity index (χ4v) is 2.77. The van der Waals surface area contributed by atoms with Crippen LogP contribution in [0.1, 0.15) is 30.6 Å². The molecule has 0 fully saturated rings. The summed E-state index contributed by atoms with van der Waals surface area (Å²) in [6.45, 7) is 3.97. The molecule has 1 aromatic heterocycles. The molecule has 2 N–H and O–H groups in total. The SMILES string of the molecule is CCC(N)C(c1ccccc1Br)n1cc(Cl)c(C)n1. The minimum atomic E-state index is -0.0215. The lowest BCUT2D eigenvalue weighted by Gasteiger charge is -2.25. The van der Waals surface area contributed by atoms with Crippen molar-refractivity contribution in [1.82, 2.24) is 9.78 Å². The molecule has 2 rings (SSSR count). The van der Waals surface area contributed by atoms with Crippen LogP contribution < -0.4 is 5.73 Å². The van der Waals surface area contributed by atoms with Crippen LogP contribution in [0.25, 0.3) is 0 Å². The molecule has 0 aliphatic carbocycles. The topological polar surface area (TPSA) is 43.8 Å². The molecule has 0 radical (unpaired) electrons. The maximum atomic E-state index is 6.28. The zero-order valence-electron chi connectivity index (χ0n) is 11.0. The van der Waals surface area contributed by atoms with Gasteiger partial charge in [-0.3, -0.25) is 4.68 Å². The zero-order chi connectivity index (χ0) is 14.0. The number of rotatable bonds is 4. The van der Waals surface area contributed by atoms with Crippen LogP contribution in [-0.4, -0.2) is 15.8 Å². The van der Waals surface area contributed by atoms with Crippen LogP contribution in [-0.2, 0) is 0 Å². The number of aryl methyl sites for hydroxylation is 1. The number of hydrogen-bond donors (Lipinski definition) is 1. The van der Waals surface area contributed by atoms with Crippen molar-refractivity contribution in [3.05, 3.63) is 51.2 Å². The molecule has 2 atom stereocenters. The lowest BCUT2D eigenvalue weighted by molar-refractivity contribution is 0.421. The van der Waals surface area contributed by atoms with Crippen LogP contribution in [0.2, 0.25) is 5.02 Å². The summed E-state index contributed by atoms with van der Waals surface area (Å²) in [7, 11) is 0. The zero-order valence-corrected chi connectivity index (χ0v) is 13.3. The fraction of sp³-hybridized carbons (Fsp3) is 0.357. The van der Waals surface area contributed by atoms with Crippen LogP contribution in [0.5, 0.6) is 0 Å². The average molecular weight is 343 g/mol. The Morgan fingerprint density at radius 1 is 1.42 bits per heavy atom. The van der Waals surface area contributed by atoms with Crippen LogP contribution in [0.4, 0.5) is 0 Å². The van der Waals surface area contributed by atoms with E-state index in [2.05, 4.69) is 34.0 Å². The first-order chi connectivity index (χ1) is 9.04. The normalized spacial score (nSPS) is 14.4. The van der Waals surface area contributed by atoms with Gasteiger partial charge in [-0.15, -0.1) is 0 Å². The van der Waals surface area contributed by atoms with Crippen molar-refractivity contribution < 1.29 is 0 Å². The van der Waals surface area contributed by atoms with E-state index in [-0.39, 0.29) is 12.1 Å². The monoisotopic (exact) mass is 341 g/mol. The van der Waals surface area contributed by atoms with Crippen LogP contribution in [0, 0.1) is 6.92 Å². The Hall–Kier alpha value is -0.840. The molecule has 19 heavy (non-hydrogen) atoms. The third kappa shape index (κ3) is 3.02. The van der Waals surface area contributed by atoms with Gasteiger partial charge in [0.2, 0.25) is 0 Å². The van der Waals surface area contributed by atoms with Gasteiger partial charge >= 0.3 is 0 Å². The van der Waals surface area contributed by atoms with Crippen LogP contribution in [0.15, 0.2) is 34.9 Å². The Labute approximate surface area is 126 Å². The van der Waals surface area contributed by atoms with E-state index in [9.17, 15) is 0 Å². The highest BCUT2D eigenvalue weighted by Crippen LogP contribution is 2.30. The third-order valence-corrected chi connectivity index (χ3v) is 4.34. The molecule has 0 aliphatic rings. The van der Waals surface area contributed by atoms with Crippen molar-refractivity contribution >= 4 is 27.5 Å². The summed E-state index contributed by atoms with van der Waals surface area (Å²) in [6.07, 6.45) is 2.71. The summed E-state index contributed by atoms with van der Waals surface area (Å²) in [4.78, 5) is 0. The van der Waals surface area contributed by atoms with Gasteiger partial charge in [0.15, 0.2) is 0 Å². The molecule has 1 aromatic carbocycles. The highest BCUT2D eigenvalue weighted by Gasteiger charge is 2.24. The smallest absolute Gasteiger partial charge is 0.0930 e. The number of benzene rings is 1. The number of halogens is 2. The minimum Gasteiger partial charge on any atom is -0.326 e. The van der Waals surface area contributed by atoms with Crippen LogP contribution >= 0.6 is 27.5 Å². The second-order valence-corrected chi connectivity index (χ2v) is 5.84. The molecule has 102 valence electrons. The molecule has 0 spiro atoms. The van der Waals surface area contributed by atoms with Gasteiger partial charge in [-0.05, 0) is 25.0 Å². The number of nitrogens with two attached hydrogens (primary N) is 1. The molecule has 1 heterocycles. The lowest BCUT2D eigenvalue weighted by Crippen LogP contribution is -2.33. The first-order valence-corrected chi connectivity index (χ1v) is 7.43. The van der Waals surface area contributed by atoms with Gasteiger partial charge in [0.05, 0.1) is 16.8 Å². The van der Waals surface area contributed by atoms with E-state index < -0.39 is 0 Å². The van der Waals surface area contributed by atoms with Crippen molar-refractivity contribution in [2.75, 3.05) is 0 Å². The van der Waals surface area contributed by atoms with Gasteiger partial charge in [-0.1, -0.05) is 52.7 Å². The van der Waals surface area contributed by atoms with Crippen molar-refractivity contribution in [2.45, 2.75) is 32.4 Å². The van der Waals surface area contributed by atoms with Gasteiger partial charge in [-0.25, -0.2) is 0 Å². The quantitative estimate of drug-likeness (QED) is 0.914. The summed E-state index contributed by atoms with van der Waals surface area (Å²) in [5, 5.41) is 5.15. The summed E-state index contributed by atoms with van der Waals surface area (Å²) in [5.41, 5.74) is 8.23. The maximum Gasteiger partial charge on any atom is 0.0930 e. The van der Waals surface area contributed by atoms with E-state index in [1.807, 2.05) is 36.0 Å². The molecule has 3 nitrogen and oxygen atoms in total. The third-order valence-electron chi connectivity index (χ3n) is 3.24. The fourth-order valence-electron chi connectivity index (χ4n) is 2.11. The number of hydrogen-bond acceptors (Lipinski definition) is 2. The Balaban J connectivity index is 2.51. The second kappa shape index (κ2) is 6.07. The molecular weight excluding hydrogens is 326 g/mol. The molecule has 0 saturated carbocycles. The first kappa shape index (κ1) is 14.6. The largest absolute Gasteiger partial charge is 0.326 e. The highest BCUT2D eigenvalue weighted by molar-refractivity contribution is 9.10. The van der Waals surface area contributed by atoms with Gasteiger partial charge in [0, 0.05) is 16.7 Å². The van der Waals surface area contributed by atoms with E-state index in [1.54, 1.807) is 0 Å². The second-order valence-electron chi connectivity index (χ2n) is 4.58. The Morgan fingerprint density at radius 3 is 2.63 bits per heavy atom. The summed E-state index contributed by atoms with van der Waals surface area (Å²) >= 11 is 9.70. The lowest BCUT2D eigenvalue weighted by atomic mass is 9.98. The number of nitrogens with zero attached hydrogens (tertiary/aromatic N) is 2.